The van der Waals surface area contributed by atoms with E-state index in [-0.39, 0.29) is 36.6 Å². The van der Waals surface area contributed by atoms with Crippen molar-refractivity contribution in [3.8, 4) is 17.1 Å². The quantitative estimate of drug-likeness (QED) is 0.321. The molecule has 1 aromatic carbocycles. The van der Waals surface area contributed by atoms with Gasteiger partial charge in [0.25, 0.3) is 5.88 Å². The molecule has 1 amide bonds. The zero-order chi connectivity index (χ0) is 28.0. The molecule has 3 aromatic heterocycles. The number of anilines is 3. The Morgan fingerprint density at radius 1 is 1.23 bits per heavy atom. The lowest BCUT2D eigenvalue weighted by Gasteiger charge is -2.29. The average molecular weight is 552 g/mol. The molecule has 40 heavy (non-hydrogen) atoms. The molecule has 2 aliphatic heterocycles. The van der Waals surface area contributed by atoms with Crippen molar-refractivity contribution in [2.75, 3.05) is 44.4 Å². The fourth-order valence-electron chi connectivity index (χ4n) is 5.76. The molecule has 0 aliphatic carbocycles. The number of likely N-dealkylation sites (tertiary alicyclic amines) is 2. The zero-order valence-corrected chi connectivity index (χ0v) is 22.5. The molecule has 11 nitrogen and oxygen atoms in total. The highest BCUT2D eigenvalue weighted by Crippen LogP contribution is 2.35. The second kappa shape index (κ2) is 10.5. The SMILES string of the molecule is COc1nn(C)cc1Nc1ncc(F)c(-c2c[nH]c3c(NC(=O)[C@H]4C[C@H](F)CN4[C@@H]4CCN(C)C4)cccc23)n1. The van der Waals surface area contributed by atoms with E-state index in [4.69, 9.17) is 4.74 Å². The summed E-state index contributed by atoms with van der Waals surface area (Å²) in [5.41, 5.74) is 2.28. The number of para-hydroxylation sites is 1. The van der Waals surface area contributed by atoms with Crippen LogP contribution in [0.3, 0.4) is 0 Å². The van der Waals surface area contributed by atoms with E-state index in [1.165, 1.54) is 7.11 Å². The van der Waals surface area contributed by atoms with Gasteiger partial charge in [0.2, 0.25) is 11.9 Å². The molecule has 2 fully saturated rings. The average Bonchev–Trinajstić information content (AvgIpc) is 3.71. The minimum absolute atomic E-state index is 0.0858. The number of carbonyl (C=O) groups is 1. The van der Waals surface area contributed by atoms with E-state index in [1.807, 2.05) is 18.0 Å². The Balaban J connectivity index is 1.26. The Labute approximate surface area is 229 Å². The summed E-state index contributed by atoms with van der Waals surface area (Å²) in [4.78, 5) is 29.3. The third-order valence-corrected chi connectivity index (χ3v) is 7.63. The summed E-state index contributed by atoms with van der Waals surface area (Å²) in [6.45, 7) is 2.02. The molecule has 210 valence electrons. The first-order valence-electron chi connectivity index (χ1n) is 13.2. The van der Waals surface area contributed by atoms with E-state index in [2.05, 4.69) is 35.6 Å². The van der Waals surface area contributed by atoms with Gasteiger partial charge in [-0.25, -0.2) is 18.7 Å². The van der Waals surface area contributed by atoms with Crippen LogP contribution in [0.15, 0.2) is 36.8 Å². The van der Waals surface area contributed by atoms with Crippen LogP contribution in [0.25, 0.3) is 22.2 Å². The van der Waals surface area contributed by atoms with Crippen LogP contribution in [-0.2, 0) is 11.8 Å². The van der Waals surface area contributed by atoms with Gasteiger partial charge in [-0.3, -0.25) is 14.4 Å². The molecule has 2 saturated heterocycles. The first kappa shape index (κ1) is 26.1. The third-order valence-electron chi connectivity index (χ3n) is 7.63. The van der Waals surface area contributed by atoms with E-state index < -0.39 is 18.0 Å². The first-order chi connectivity index (χ1) is 19.3. The summed E-state index contributed by atoms with van der Waals surface area (Å²) in [6.07, 6.45) is 4.49. The van der Waals surface area contributed by atoms with E-state index in [9.17, 15) is 13.6 Å². The van der Waals surface area contributed by atoms with Crippen molar-refractivity contribution in [1.82, 2.24) is 34.5 Å². The number of aryl methyl sites for hydroxylation is 1. The monoisotopic (exact) mass is 551 g/mol. The second-order valence-electron chi connectivity index (χ2n) is 10.4. The molecule has 4 aromatic rings. The van der Waals surface area contributed by atoms with Crippen molar-refractivity contribution < 1.29 is 18.3 Å². The maximum atomic E-state index is 15.0. The molecule has 6 rings (SSSR count). The highest BCUT2D eigenvalue weighted by atomic mass is 19.1. The van der Waals surface area contributed by atoms with Crippen LogP contribution in [0.5, 0.6) is 5.88 Å². The van der Waals surface area contributed by atoms with Crippen LogP contribution in [0.4, 0.5) is 26.1 Å². The Hall–Kier alpha value is -4.10. The molecule has 0 bridgehead atoms. The second-order valence-corrected chi connectivity index (χ2v) is 10.4. The van der Waals surface area contributed by atoms with Gasteiger partial charge in [-0.1, -0.05) is 12.1 Å². The van der Waals surface area contributed by atoms with Crippen molar-refractivity contribution in [3.63, 3.8) is 0 Å². The number of ether oxygens (including phenoxy) is 1. The molecule has 13 heteroatoms. The van der Waals surface area contributed by atoms with Crippen LogP contribution in [0.2, 0.25) is 0 Å². The van der Waals surface area contributed by atoms with E-state index in [0.717, 1.165) is 25.7 Å². The number of nitrogens with one attached hydrogen (secondary N) is 3. The number of benzene rings is 1. The number of amides is 1. The van der Waals surface area contributed by atoms with Gasteiger partial charge < -0.3 is 25.3 Å². The maximum Gasteiger partial charge on any atom is 0.256 e. The summed E-state index contributed by atoms with van der Waals surface area (Å²) >= 11 is 0. The minimum Gasteiger partial charge on any atom is -0.478 e. The van der Waals surface area contributed by atoms with E-state index in [1.54, 1.807) is 36.3 Å². The van der Waals surface area contributed by atoms with Gasteiger partial charge in [-0.2, -0.15) is 0 Å². The molecular weight excluding hydrogens is 520 g/mol. The number of fused-ring (bicyclic) bond motifs is 1. The van der Waals surface area contributed by atoms with E-state index in [0.29, 0.717) is 33.7 Å². The number of alkyl halides is 1. The van der Waals surface area contributed by atoms with Crippen LogP contribution in [-0.4, -0.2) is 92.5 Å². The predicted molar refractivity (Wildman–Crippen MR) is 147 cm³/mol. The van der Waals surface area contributed by atoms with Gasteiger partial charge in [0.05, 0.1) is 36.7 Å². The van der Waals surface area contributed by atoms with E-state index >= 15 is 0 Å². The molecule has 0 saturated carbocycles. The largest absolute Gasteiger partial charge is 0.478 e. The van der Waals surface area contributed by atoms with Gasteiger partial charge in [-0.05, 0) is 26.1 Å². The van der Waals surface area contributed by atoms with Crippen molar-refractivity contribution >= 4 is 34.1 Å². The fourth-order valence-corrected chi connectivity index (χ4v) is 5.76. The summed E-state index contributed by atoms with van der Waals surface area (Å²) in [7, 11) is 5.29. The van der Waals surface area contributed by atoms with Crippen molar-refractivity contribution in [2.24, 2.45) is 7.05 Å². The predicted octanol–water partition coefficient (Wildman–Crippen LogP) is 3.30. The number of carbonyl (C=O) groups excluding carboxylic acids is 1. The number of hydrogen-bond acceptors (Lipinski definition) is 8. The number of aromatic amines is 1. The molecule has 2 aliphatic rings. The zero-order valence-electron chi connectivity index (χ0n) is 22.5. The maximum absolute atomic E-state index is 15.0. The number of halogens is 2. The number of rotatable bonds is 7. The molecule has 3 N–H and O–H groups in total. The van der Waals surface area contributed by atoms with Crippen LogP contribution < -0.4 is 15.4 Å². The minimum atomic E-state index is -1.04. The van der Waals surface area contributed by atoms with Crippen molar-refractivity contribution in [1.29, 1.82) is 0 Å². The first-order valence-corrected chi connectivity index (χ1v) is 13.2. The molecule has 5 heterocycles. The van der Waals surface area contributed by atoms with Crippen molar-refractivity contribution in [3.05, 3.63) is 42.6 Å². The molecule has 3 atom stereocenters. The normalized spacial score (nSPS) is 21.8. The summed E-state index contributed by atoms with van der Waals surface area (Å²) in [5, 5.41) is 10.9. The standard InChI is InChI=1S/C27H31F2N9O2/c1-36-8-7-16(13-36)38-12-15(28)9-22(38)25(39)32-20-6-4-5-17-18(10-30-24(17)20)23-19(29)11-31-27(34-23)33-21-14-37(2)35-26(21)40-3/h4-6,10-11,14-16,22,30H,7-9,12-13H2,1-3H3,(H,32,39)(H,31,33,34)/t15-,16+,22+/m0/s1. The molecule has 0 spiro atoms. The molecule has 0 radical (unpaired) electrons. The highest BCUT2D eigenvalue weighted by Gasteiger charge is 2.42. The highest BCUT2D eigenvalue weighted by molar-refractivity contribution is 6.06. The fraction of sp³-hybridized carbons (Fsp3) is 0.407. The summed E-state index contributed by atoms with van der Waals surface area (Å²) < 4.78 is 36.3. The van der Waals surface area contributed by atoms with Crippen LogP contribution >= 0.6 is 0 Å². The Bertz CT molecular complexity index is 1550. The van der Waals surface area contributed by atoms with Crippen LogP contribution in [0.1, 0.15) is 12.8 Å². The van der Waals surface area contributed by atoms with Gasteiger partial charge in [0.15, 0.2) is 5.82 Å². The van der Waals surface area contributed by atoms with Crippen molar-refractivity contribution in [2.45, 2.75) is 31.1 Å². The number of nitrogens with zero attached hydrogens (tertiary/aromatic N) is 6. The number of methoxy groups -OCH3 is 1. The Kier molecular flexibility index (Phi) is 6.84. The number of likely N-dealkylation sites (N-methyl/N-ethyl adjacent to an activating group) is 1. The van der Waals surface area contributed by atoms with Gasteiger partial charge >= 0.3 is 0 Å². The molecular formula is C27H31F2N9O2. The Morgan fingerprint density at radius 3 is 2.85 bits per heavy atom. The lowest BCUT2D eigenvalue weighted by molar-refractivity contribution is -0.121. The summed E-state index contributed by atoms with van der Waals surface area (Å²) in [6, 6.07) is 4.99. The van der Waals surface area contributed by atoms with Gasteiger partial charge in [0.1, 0.15) is 17.6 Å². The number of hydrogen-bond donors (Lipinski definition) is 3. The third kappa shape index (κ3) is 4.86. The Morgan fingerprint density at radius 2 is 2.08 bits per heavy atom. The molecule has 0 unspecified atom stereocenters. The number of aromatic nitrogens is 5. The smallest absolute Gasteiger partial charge is 0.256 e. The summed E-state index contributed by atoms with van der Waals surface area (Å²) in [5.74, 6) is -0.329. The lowest BCUT2D eigenvalue weighted by atomic mass is 10.1. The van der Waals surface area contributed by atoms with Crippen LogP contribution in [0, 0.1) is 5.82 Å². The van der Waals surface area contributed by atoms with Gasteiger partial charge in [-0.15, -0.1) is 5.10 Å². The topological polar surface area (TPSA) is 116 Å². The number of H-pyrrole nitrogens is 1. The van der Waals surface area contributed by atoms with Gasteiger partial charge in [0, 0.05) is 49.7 Å². The lowest BCUT2D eigenvalue weighted by Crippen LogP contribution is -2.46.